The number of rotatable bonds is 11. The first kappa shape index (κ1) is 20.7. The molecular formula is C23H27N3O3. The van der Waals surface area contributed by atoms with Crippen molar-refractivity contribution >= 4 is 5.97 Å². The third-order valence-corrected chi connectivity index (χ3v) is 4.84. The minimum atomic E-state index is -0.798. The quantitative estimate of drug-likeness (QED) is 0.469. The van der Waals surface area contributed by atoms with Gasteiger partial charge in [0.2, 0.25) is 11.8 Å². The Kier molecular flexibility index (Phi) is 7.53. The predicted molar refractivity (Wildman–Crippen MR) is 111 cm³/mol. The normalized spacial score (nSPS) is 12.0. The van der Waals surface area contributed by atoms with Crippen molar-refractivity contribution in [1.82, 2.24) is 15.5 Å². The lowest BCUT2D eigenvalue weighted by Crippen LogP contribution is -2.17. The highest BCUT2D eigenvalue weighted by molar-refractivity contribution is 5.66. The molecular weight excluding hydrogens is 366 g/mol. The number of carbonyl (C=O) groups is 1. The molecule has 0 radical (unpaired) electrons. The van der Waals surface area contributed by atoms with Crippen LogP contribution in [-0.2, 0) is 17.8 Å². The maximum Gasteiger partial charge on any atom is 0.304 e. The van der Waals surface area contributed by atoms with Gasteiger partial charge in [0.15, 0.2) is 0 Å². The number of benzene rings is 2. The zero-order valence-corrected chi connectivity index (χ0v) is 16.7. The number of nitrogens with one attached hydrogen (secondary N) is 1. The summed E-state index contributed by atoms with van der Waals surface area (Å²) in [4.78, 5) is 10.5. The highest BCUT2D eigenvalue weighted by Gasteiger charge is 2.16. The van der Waals surface area contributed by atoms with Crippen molar-refractivity contribution in [2.75, 3.05) is 6.54 Å². The molecule has 0 bridgehead atoms. The maximum absolute atomic E-state index is 10.5. The molecule has 0 saturated heterocycles. The molecule has 3 rings (SSSR count). The molecule has 0 aliphatic heterocycles. The van der Waals surface area contributed by atoms with Gasteiger partial charge in [-0.25, -0.2) is 0 Å². The molecule has 0 unspecified atom stereocenters. The van der Waals surface area contributed by atoms with E-state index in [4.69, 9.17) is 9.52 Å². The van der Waals surface area contributed by atoms with E-state index in [-0.39, 0.29) is 6.42 Å². The molecule has 1 heterocycles. The minimum Gasteiger partial charge on any atom is -0.481 e. The first-order valence-corrected chi connectivity index (χ1v) is 10.0. The molecule has 0 fully saturated rings. The van der Waals surface area contributed by atoms with Crippen molar-refractivity contribution < 1.29 is 14.3 Å². The van der Waals surface area contributed by atoms with Crippen molar-refractivity contribution in [1.29, 1.82) is 0 Å². The van der Waals surface area contributed by atoms with Crippen LogP contribution in [0, 0.1) is 0 Å². The van der Waals surface area contributed by atoms with E-state index in [0.717, 1.165) is 30.4 Å². The summed E-state index contributed by atoms with van der Waals surface area (Å²) in [5.74, 6) is 0.748. The lowest BCUT2D eigenvalue weighted by Gasteiger charge is -2.14. The highest BCUT2D eigenvalue weighted by atomic mass is 16.4. The Morgan fingerprint density at radius 3 is 2.55 bits per heavy atom. The predicted octanol–water partition coefficient (Wildman–Crippen LogP) is 4.43. The number of aromatic nitrogens is 2. The van der Waals surface area contributed by atoms with Crippen molar-refractivity contribution in [3.8, 4) is 11.5 Å². The molecule has 3 aromatic rings. The zero-order chi connectivity index (χ0) is 20.5. The first-order chi connectivity index (χ1) is 14.2. The smallest absolute Gasteiger partial charge is 0.304 e. The van der Waals surface area contributed by atoms with Gasteiger partial charge in [0.25, 0.3) is 0 Å². The standard InChI is InChI=1S/C23H27N3O3/c1-2-6-20(18-7-4-3-5-8-18)15-21-25-26-23(29-21)19-11-9-17(10-12-19)16-24-14-13-22(27)28/h3-5,7-12,20,24H,2,6,13-16H2,1H3,(H,27,28)/t20-/m1/s1. The van der Waals surface area contributed by atoms with Crippen LogP contribution in [0.25, 0.3) is 11.5 Å². The van der Waals surface area contributed by atoms with Crippen LogP contribution in [0.3, 0.4) is 0 Å². The second-order valence-corrected chi connectivity index (χ2v) is 7.12. The number of hydrogen-bond donors (Lipinski definition) is 2. The van der Waals surface area contributed by atoms with Crippen molar-refractivity contribution in [3.63, 3.8) is 0 Å². The van der Waals surface area contributed by atoms with E-state index in [2.05, 4.69) is 46.7 Å². The van der Waals surface area contributed by atoms with E-state index < -0.39 is 5.97 Å². The summed E-state index contributed by atoms with van der Waals surface area (Å²) in [6.45, 7) is 3.26. The number of aliphatic carboxylic acids is 1. The molecule has 0 spiro atoms. The summed E-state index contributed by atoms with van der Waals surface area (Å²) in [5, 5.41) is 20.2. The van der Waals surface area contributed by atoms with E-state index in [1.54, 1.807) is 0 Å². The largest absolute Gasteiger partial charge is 0.481 e. The van der Waals surface area contributed by atoms with Crippen LogP contribution in [0.2, 0.25) is 0 Å². The molecule has 0 saturated carbocycles. The van der Waals surface area contributed by atoms with E-state index in [1.807, 2.05) is 30.3 Å². The number of carboxylic acid groups (broad SMARTS) is 1. The Morgan fingerprint density at radius 2 is 1.86 bits per heavy atom. The van der Waals surface area contributed by atoms with Gasteiger partial charge in [-0.1, -0.05) is 55.8 Å². The Bertz CT molecular complexity index is 891. The lowest BCUT2D eigenvalue weighted by molar-refractivity contribution is -0.136. The summed E-state index contributed by atoms with van der Waals surface area (Å²) in [7, 11) is 0. The average molecular weight is 393 g/mol. The Hall–Kier alpha value is -2.99. The molecule has 1 aromatic heterocycles. The third-order valence-electron chi connectivity index (χ3n) is 4.84. The van der Waals surface area contributed by atoms with Gasteiger partial charge in [-0.05, 0) is 35.6 Å². The van der Waals surface area contributed by atoms with Gasteiger partial charge in [0.05, 0.1) is 6.42 Å². The van der Waals surface area contributed by atoms with Crippen LogP contribution < -0.4 is 5.32 Å². The fourth-order valence-corrected chi connectivity index (χ4v) is 3.32. The lowest BCUT2D eigenvalue weighted by atomic mass is 9.91. The van der Waals surface area contributed by atoms with Gasteiger partial charge < -0.3 is 14.8 Å². The summed E-state index contributed by atoms with van der Waals surface area (Å²) >= 11 is 0. The van der Waals surface area contributed by atoms with E-state index in [1.165, 1.54) is 5.56 Å². The maximum atomic E-state index is 10.5. The summed E-state index contributed by atoms with van der Waals surface area (Å²) in [5.41, 5.74) is 3.25. The van der Waals surface area contributed by atoms with Crippen molar-refractivity contribution in [3.05, 3.63) is 71.6 Å². The molecule has 1 atom stereocenters. The molecule has 152 valence electrons. The van der Waals surface area contributed by atoms with Crippen LogP contribution in [-0.4, -0.2) is 27.8 Å². The molecule has 29 heavy (non-hydrogen) atoms. The van der Waals surface area contributed by atoms with E-state index >= 15 is 0 Å². The number of carboxylic acids is 1. The molecule has 0 aliphatic rings. The third kappa shape index (κ3) is 6.26. The second-order valence-electron chi connectivity index (χ2n) is 7.12. The van der Waals surface area contributed by atoms with E-state index in [0.29, 0.717) is 30.8 Å². The topological polar surface area (TPSA) is 88.2 Å². The van der Waals surface area contributed by atoms with Crippen molar-refractivity contribution in [2.45, 2.75) is 45.1 Å². The monoisotopic (exact) mass is 393 g/mol. The second kappa shape index (κ2) is 10.5. The molecule has 6 nitrogen and oxygen atoms in total. The van der Waals surface area contributed by atoms with Crippen LogP contribution in [0.5, 0.6) is 0 Å². The van der Waals surface area contributed by atoms with Crippen molar-refractivity contribution in [2.24, 2.45) is 0 Å². The molecule has 0 aliphatic carbocycles. The van der Waals surface area contributed by atoms with Crippen LogP contribution >= 0.6 is 0 Å². The SMILES string of the molecule is CCC[C@H](Cc1nnc(-c2ccc(CNCCC(=O)O)cc2)o1)c1ccccc1. The number of nitrogens with zero attached hydrogens (tertiary/aromatic N) is 2. The van der Waals surface area contributed by atoms with Crippen LogP contribution in [0.15, 0.2) is 59.0 Å². The first-order valence-electron chi connectivity index (χ1n) is 10.0. The van der Waals surface area contributed by atoms with Crippen LogP contribution in [0.4, 0.5) is 0 Å². The van der Waals surface area contributed by atoms with Gasteiger partial charge in [-0.15, -0.1) is 10.2 Å². The number of hydrogen-bond acceptors (Lipinski definition) is 5. The Morgan fingerprint density at radius 1 is 1.10 bits per heavy atom. The average Bonchev–Trinajstić information content (AvgIpc) is 3.20. The molecule has 6 heteroatoms. The fourth-order valence-electron chi connectivity index (χ4n) is 3.32. The Labute approximate surface area is 171 Å². The van der Waals surface area contributed by atoms with Gasteiger partial charge >= 0.3 is 5.97 Å². The molecule has 2 aromatic carbocycles. The summed E-state index contributed by atoms with van der Waals surface area (Å²) in [6.07, 6.45) is 3.02. The zero-order valence-electron chi connectivity index (χ0n) is 16.7. The molecule has 2 N–H and O–H groups in total. The van der Waals surface area contributed by atoms with E-state index in [9.17, 15) is 4.79 Å². The minimum absolute atomic E-state index is 0.116. The summed E-state index contributed by atoms with van der Waals surface area (Å²) in [6, 6.07) is 18.3. The van der Waals surface area contributed by atoms with Gasteiger partial charge in [-0.2, -0.15) is 0 Å². The summed E-state index contributed by atoms with van der Waals surface area (Å²) < 4.78 is 5.93. The van der Waals surface area contributed by atoms with Gasteiger partial charge in [0.1, 0.15) is 0 Å². The fraction of sp³-hybridized carbons (Fsp3) is 0.348. The van der Waals surface area contributed by atoms with Gasteiger partial charge in [-0.3, -0.25) is 4.79 Å². The Balaban J connectivity index is 1.61. The highest BCUT2D eigenvalue weighted by Crippen LogP contribution is 2.27. The van der Waals surface area contributed by atoms with Crippen LogP contribution in [0.1, 0.15) is 49.1 Å². The van der Waals surface area contributed by atoms with Gasteiger partial charge in [0, 0.05) is 25.1 Å². The molecule has 0 amide bonds.